The van der Waals surface area contributed by atoms with Crippen molar-refractivity contribution in [2.45, 2.75) is 58.2 Å². The number of benzene rings is 4. The molecule has 0 bridgehead atoms. The summed E-state index contributed by atoms with van der Waals surface area (Å²) in [5.41, 5.74) is 2.78. The molecular weight excluding hydrogens is 781 g/mol. The number of nitrogens with zero attached hydrogens (tertiary/aromatic N) is 3. The number of aliphatic hydroxyl groups excluding tert-OH is 2. The quantitative estimate of drug-likeness (QED) is 0.0876. The molecule has 2 unspecified atom stereocenters. The zero-order chi connectivity index (χ0) is 43.4. The summed E-state index contributed by atoms with van der Waals surface area (Å²) in [6.07, 6.45) is -8.49. The van der Waals surface area contributed by atoms with Crippen LogP contribution < -0.4 is 5.43 Å². The molecule has 4 aromatic carbocycles. The maximum absolute atomic E-state index is 14.5. The van der Waals surface area contributed by atoms with Crippen LogP contribution in [0.3, 0.4) is 0 Å². The molecule has 1 aromatic heterocycles. The van der Waals surface area contributed by atoms with Crippen LogP contribution >= 0.6 is 0 Å². The lowest BCUT2D eigenvalue weighted by molar-refractivity contribution is -0.165. The van der Waals surface area contributed by atoms with E-state index in [2.05, 4.69) is 18.7 Å². The van der Waals surface area contributed by atoms with Crippen LogP contribution in [0.5, 0.6) is 0 Å². The number of alkyl halides is 3. The predicted octanol–water partition coefficient (Wildman–Crippen LogP) is 6.00. The van der Waals surface area contributed by atoms with Crippen LogP contribution in [0.4, 0.5) is 22.0 Å². The number of amides is 1. The van der Waals surface area contributed by atoms with Gasteiger partial charge in [-0.25, -0.2) is 18.4 Å². The number of hydrogen-bond donors (Lipinski definition) is 4. The third-order valence-electron chi connectivity index (χ3n) is 9.67. The molecule has 5 rings (SSSR count). The Hall–Kier alpha value is -5.97. The van der Waals surface area contributed by atoms with Gasteiger partial charge in [-0.2, -0.15) is 13.2 Å². The summed E-state index contributed by atoms with van der Waals surface area (Å²) in [6.45, 7) is 7.05. The number of carboxylic acid groups (broad SMARTS) is 2. The number of fused-ring (bicyclic) bond motifs is 1. The van der Waals surface area contributed by atoms with E-state index in [1.807, 2.05) is 24.3 Å². The minimum absolute atomic E-state index is 0.0656. The van der Waals surface area contributed by atoms with Gasteiger partial charge in [-0.15, -0.1) is 0 Å². The number of para-hydroxylation sites is 1. The molecule has 0 fully saturated rings. The molecule has 4 N–H and O–H groups in total. The molecular formula is C43H44F5N3O8. The second kappa shape index (κ2) is 20.6. The van der Waals surface area contributed by atoms with Gasteiger partial charge >= 0.3 is 18.1 Å². The Morgan fingerprint density at radius 3 is 1.86 bits per heavy atom. The topological polar surface area (TPSA) is 161 Å². The predicted molar refractivity (Wildman–Crippen MR) is 209 cm³/mol. The fourth-order valence-electron chi connectivity index (χ4n) is 6.23. The smallest absolute Gasteiger partial charge is 0.416 e. The average molecular weight is 826 g/mol. The number of rotatable bonds is 16. The Morgan fingerprint density at radius 1 is 0.746 bits per heavy atom. The summed E-state index contributed by atoms with van der Waals surface area (Å²) < 4.78 is 68.9. The number of carboxylic acids is 2. The van der Waals surface area contributed by atoms with E-state index < -0.39 is 47.5 Å². The van der Waals surface area contributed by atoms with E-state index in [1.54, 1.807) is 33.7 Å². The van der Waals surface area contributed by atoms with Crippen molar-refractivity contribution in [2.75, 3.05) is 26.2 Å². The van der Waals surface area contributed by atoms with Gasteiger partial charge in [0.2, 0.25) is 5.91 Å². The monoisotopic (exact) mass is 825 g/mol. The highest BCUT2D eigenvalue weighted by Gasteiger charge is 2.30. The SMILES string of the molecule is CCN(CC)CCN(Cc1ccc(-c2ccc(C(F)(F)F)cc2)cc1)C(=O)Cn1c(CCc2ccc(F)cc2F)cc(=O)c2ccccc21.O=C(O)C(O)C(O)C(=O)O. The Morgan fingerprint density at radius 2 is 1.32 bits per heavy atom. The van der Waals surface area contributed by atoms with Gasteiger partial charge < -0.3 is 34.8 Å². The minimum Gasteiger partial charge on any atom is -0.479 e. The van der Waals surface area contributed by atoms with Crippen LogP contribution in [0.25, 0.3) is 22.0 Å². The highest BCUT2D eigenvalue weighted by Crippen LogP contribution is 2.31. The van der Waals surface area contributed by atoms with Crippen LogP contribution in [0.2, 0.25) is 0 Å². The van der Waals surface area contributed by atoms with Crippen molar-refractivity contribution in [2.24, 2.45) is 0 Å². The van der Waals surface area contributed by atoms with Gasteiger partial charge in [0.25, 0.3) is 0 Å². The number of carbonyl (C=O) groups is 3. The Bertz CT molecular complexity index is 2260. The summed E-state index contributed by atoms with van der Waals surface area (Å²) in [6, 6.07) is 24.3. The van der Waals surface area contributed by atoms with Gasteiger partial charge in [-0.05, 0) is 78.5 Å². The summed E-state index contributed by atoms with van der Waals surface area (Å²) in [4.78, 5) is 50.8. The first-order valence-corrected chi connectivity index (χ1v) is 18.6. The van der Waals surface area contributed by atoms with E-state index in [9.17, 15) is 41.1 Å². The van der Waals surface area contributed by atoms with Crippen LogP contribution in [-0.2, 0) is 46.5 Å². The molecule has 5 aromatic rings. The molecule has 0 spiro atoms. The molecule has 0 aliphatic heterocycles. The highest BCUT2D eigenvalue weighted by atomic mass is 19.4. The Labute approximate surface area is 336 Å². The van der Waals surface area contributed by atoms with Crippen molar-refractivity contribution in [1.82, 2.24) is 14.4 Å². The van der Waals surface area contributed by atoms with Gasteiger partial charge in [-0.3, -0.25) is 9.59 Å². The highest BCUT2D eigenvalue weighted by molar-refractivity contribution is 5.83. The molecule has 314 valence electrons. The molecule has 11 nitrogen and oxygen atoms in total. The maximum Gasteiger partial charge on any atom is 0.416 e. The van der Waals surface area contributed by atoms with E-state index >= 15 is 0 Å². The normalized spacial score (nSPS) is 12.4. The molecule has 1 amide bonds. The maximum atomic E-state index is 14.5. The van der Waals surface area contributed by atoms with Crippen molar-refractivity contribution in [3.05, 3.63) is 141 Å². The standard InChI is InChI=1S/C39H38F5N3O2.C4H6O6/c1-3-45(4-2)21-22-46(25-27-9-11-28(12-10-27)29-13-17-31(18-14-29)39(42,43)44)38(49)26-47-33(20-16-30-15-19-32(40)23-35(30)41)24-37(48)34-7-5-6-8-36(34)47;5-1(3(7)8)2(6)4(9)10/h5-15,17-19,23-24H,3-4,16,20-22,25-26H2,1-2H3;1-2,5-6H,(H,7,8)(H,9,10). The lowest BCUT2D eigenvalue weighted by Crippen LogP contribution is -2.40. The number of aryl methyl sites for hydroxylation is 2. The molecule has 0 saturated carbocycles. The largest absolute Gasteiger partial charge is 0.479 e. The van der Waals surface area contributed by atoms with E-state index in [4.69, 9.17) is 20.4 Å². The van der Waals surface area contributed by atoms with E-state index in [0.29, 0.717) is 47.4 Å². The lowest BCUT2D eigenvalue weighted by atomic mass is 10.0. The fraction of sp³-hybridized carbons (Fsp3) is 0.302. The summed E-state index contributed by atoms with van der Waals surface area (Å²) in [5.74, 6) is -5.06. The molecule has 0 aliphatic rings. The van der Waals surface area contributed by atoms with Crippen LogP contribution in [0.1, 0.15) is 36.2 Å². The van der Waals surface area contributed by atoms with Crippen molar-refractivity contribution in [3.8, 4) is 11.1 Å². The number of carbonyl (C=O) groups excluding carboxylic acids is 1. The molecule has 59 heavy (non-hydrogen) atoms. The van der Waals surface area contributed by atoms with Crippen LogP contribution in [0, 0.1) is 11.6 Å². The number of pyridine rings is 1. The number of likely N-dealkylation sites (N-methyl/N-ethyl adjacent to an activating group) is 1. The molecule has 0 aliphatic carbocycles. The van der Waals surface area contributed by atoms with Crippen LogP contribution in [-0.4, -0.2) is 91.0 Å². The van der Waals surface area contributed by atoms with Gasteiger partial charge in [0, 0.05) is 42.8 Å². The Balaban J connectivity index is 0.000000680. The van der Waals surface area contributed by atoms with Gasteiger partial charge in [0.15, 0.2) is 17.6 Å². The third-order valence-corrected chi connectivity index (χ3v) is 9.67. The van der Waals surface area contributed by atoms with Crippen molar-refractivity contribution in [3.63, 3.8) is 0 Å². The number of hydrogen-bond acceptors (Lipinski definition) is 7. The number of aromatic nitrogens is 1. The molecule has 0 radical (unpaired) electrons. The van der Waals surface area contributed by atoms with Crippen LogP contribution in [0.15, 0.2) is 102 Å². The van der Waals surface area contributed by atoms with E-state index in [1.165, 1.54) is 30.3 Å². The lowest BCUT2D eigenvalue weighted by Gasteiger charge is -2.28. The summed E-state index contributed by atoms with van der Waals surface area (Å²) >= 11 is 0. The first kappa shape index (κ1) is 45.7. The second-order valence-corrected chi connectivity index (χ2v) is 13.5. The number of halogens is 5. The molecule has 0 saturated heterocycles. The van der Waals surface area contributed by atoms with E-state index in [-0.39, 0.29) is 30.7 Å². The molecule has 2 atom stereocenters. The van der Waals surface area contributed by atoms with Gasteiger partial charge in [0.05, 0.1) is 11.1 Å². The molecule has 16 heteroatoms. The summed E-state index contributed by atoms with van der Waals surface area (Å²) in [5, 5.41) is 33.0. The average Bonchev–Trinajstić information content (AvgIpc) is 3.21. The zero-order valence-electron chi connectivity index (χ0n) is 32.2. The van der Waals surface area contributed by atoms with Crippen molar-refractivity contribution < 1.29 is 56.8 Å². The van der Waals surface area contributed by atoms with E-state index in [0.717, 1.165) is 42.4 Å². The van der Waals surface area contributed by atoms with Gasteiger partial charge in [-0.1, -0.05) is 68.4 Å². The second-order valence-electron chi connectivity index (χ2n) is 13.5. The molecule has 1 heterocycles. The van der Waals surface area contributed by atoms with Crippen molar-refractivity contribution in [1.29, 1.82) is 0 Å². The third kappa shape index (κ3) is 12.5. The number of aliphatic hydroxyl groups is 2. The number of aliphatic carboxylic acids is 2. The fourth-order valence-corrected chi connectivity index (χ4v) is 6.23. The zero-order valence-corrected chi connectivity index (χ0v) is 32.2. The first-order valence-electron chi connectivity index (χ1n) is 18.6. The summed E-state index contributed by atoms with van der Waals surface area (Å²) in [7, 11) is 0. The first-order chi connectivity index (χ1) is 27.9. The Kier molecular flexibility index (Phi) is 16.0. The van der Waals surface area contributed by atoms with Gasteiger partial charge in [0.1, 0.15) is 18.2 Å². The van der Waals surface area contributed by atoms with Crippen molar-refractivity contribution >= 4 is 28.7 Å². The minimum atomic E-state index is -4.41.